The Labute approximate surface area is 247 Å². The molecule has 3 heterocycles. The molecule has 11 nitrogen and oxygen atoms in total. The molecule has 2 amide bonds. The van der Waals surface area contributed by atoms with E-state index < -0.39 is 23.8 Å². The van der Waals surface area contributed by atoms with Gasteiger partial charge >= 0.3 is 11.9 Å². The number of rotatable bonds is 6. The third-order valence-electron chi connectivity index (χ3n) is 6.42. The maximum absolute atomic E-state index is 13.2. The molecule has 5 rings (SSSR count). The summed E-state index contributed by atoms with van der Waals surface area (Å²) in [6, 6.07) is 14.8. The molecular formula is C29H25N5O6S2. The number of pyridine rings is 1. The molecule has 5 aromatic rings. The van der Waals surface area contributed by atoms with Crippen LogP contribution in [0.3, 0.4) is 0 Å². The highest BCUT2D eigenvalue weighted by atomic mass is 32.1. The van der Waals surface area contributed by atoms with Crippen molar-refractivity contribution < 1.29 is 28.7 Å². The van der Waals surface area contributed by atoms with Gasteiger partial charge in [-0.15, -0.1) is 0 Å². The van der Waals surface area contributed by atoms with Crippen LogP contribution < -0.4 is 9.60 Å². The predicted octanol–water partition coefficient (Wildman–Crippen LogP) is 4.21. The fourth-order valence-corrected chi connectivity index (χ4v) is 6.64. The van der Waals surface area contributed by atoms with E-state index in [-0.39, 0.29) is 11.4 Å². The minimum Gasteiger partial charge on any atom is -0.465 e. The van der Waals surface area contributed by atoms with Crippen LogP contribution in [0.1, 0.15) is 55.5 Å². The van der Waals surface area contributed by atoms with Gasteiger partial charge in [-0.3, -0.25) is 9.59 Å². The third-order valence-corrected chi connectivity index (χ3v) is 8.50. The molecule has 0 bridgehead atoms. The lowest BCUT2D eigenvalue weighted by Crippen LogP contribution is -2.18. The lowest BCUT2D eigenvalue weighted by Gasteiger charge is -2.02. The van der Waals surface area contributed by atoms with Crippen LogP contribution in [-0.2, 0) is 22.6 Å². The largest absolute Gasteiger partial charge is 0.465 e. The summed E-state index contributed by atoms with van der Waals surface area (Å²) in [6.07, 6.45) is 0. The van der Waals surface area contributed by atoms with Gasteiger partial charge in [-0.1, -0.05) is 28.7 Å². The fraction of sp³-hybridized carbons (Fsp3) is 0.207. The molecule has 0 aliphatic heterocycles. The first-order valence-electron chi connectivity index (χ1n) is 12.9. The third kappa shape index (κ3) is 5.43. The number of nitrogens with zero attached hydrogens (tertiary/aromatic N) is 5. The van der Waals surface area contributed by atoms with Crippen LogP contribution >= 0.6 is 22.7 Å². The second kappa shape index (κ2) is 12.0. The van der Waals surface area contributed by atoms with E-state index in [0.717, 1.165) is 20.4 Å². The number of benzene rings is 2. The number of esters is 2. The minimum atomic E-state index is -0.618. The van der Waals surface area contributed by atoms with Gasteiger partial charge in [0.15, 0.2) is 9.60 Å². The Hall–Kier alpha value is -4.75. The Balaban J connectivity index is 1.49. The fourth-order valence-electron chi connectivity index (χ4n) is 4.38. The van der Waals surface area contributed by atoms with Crippen molar-refractivity contribution in [3.05, 3.63) is 86.7 Å². The molecule has 214 valence electrons. The molecule has 0 aliphatic carbocycles. The molecule has 0 spiro atoms. The number of hydrogen-bond donors (Lipinski definition) is 0. The summed E-state index contributed by atoms with van der Waals surface area (Å²) in [5.41, 5.74) is 2.43. The average molecular weight is 604 g/mol. The normalized spacial score (nSPS) is 12.2. The quantitative estimate of drug-likeness (QED) is 0.266. The zero-order chi connectivity index (χ0) is 30.0. The molecule has 0 fully saturated rings. The minimum absolute atomic E-state index is 0.00571. The Morgan fingerprint density at radius 2 is 1.14 bits per heavy atom. The highest BCUT2D eigenvalue weighted by molar-refractivity contribution is 7.16. The maximum atomic E-state index is 13.2. The number of thiazole rings is 2. The number of ether oxygens (including phenoxy) is 2. The molecule has 0 unspecified atom stereocenters. The Morgan fingerprint density at radius 3 is 1.52 bits per heavy atom. The van der Waals surface area contributed by atoms with Crippen molar-refractivity contribution in [2.24, 2.45) is 9.98 Å². The van der Waals surface area contributed by atoms with E-state index in [9.17, 15) is 19.2 Å². The number of hydrogen-bond acceptors (Lipinski definition) is 9. The number of methoxy groups -OCH3 is 2. The Morgan fingerprint density at radius 1 is 0.714 bits per heavy atom. The van der Waals surface area contributed by atoms with E-state index in [1.54, 1.807) is 42.5 Å². The Bertz CT molecular complexity index is 1890. The Kier molecular flexibility index (Phi) is 8.22. The molecular weight excluding hydrogens is 578 g/mol. The van der Waals surface area contributed by atoms with Crippen LogP contribution in [0.15, 0.2) is 64.6 Å². The first-order valence-corrected chi connectivity index (χ1v) is 14.5. The molecule has 0 atom stereocenters. The lowest BCUT2D eigenvalue weighted by molar-refractivity contribution is 0.0592. The van der Waals surface area contributed by atoms with E-state index in [0.29, 0.717) is 33.8 Å². The van der Waals surface area contributed by atoms with E-state index >= 15 is 0 Å². The molecule has 0 aliphatic rings. The van der Waals surface area contributed by atoms with Crippen molar-refractivity contribution in [1.29, 1.82) is 0 Å². The summed E-state index contributed by atoms with van der Waals surface area (Å²) in [4.78, 5) is 63.9. The molecule has 0 N–H and O–H groups in total. The summed E-state index contributed by atoms with van der Waals surface area (Å²) >= 11 is 2.52. The second-order valence-corrected chi connectivity index (χ2v) is 10.9. The SMILES string of the molecule is CCn1c(=NC(=O)c2cccc(C(=O)N=c3sc4cc(C(=O)OC)ccc4n3CC)n2)sc2cc(C(=O)OC)ccc21. The van der Waals surface area contributed by atoms with Crippen LogP contribution in [0.25, 0.3) is 20.4 Å². The number of aromatic nitrogens is 3. The van der Waals surface area contributed by atoms with Crippen LogP contribution in [0, 0.1) is 0 Å². The molecule has 3 aromatic heterocycles. The molecule has 0 radical (unpaired) electrons. The van der Waals surface area contributed by atoms with Gasteiger partial charge in [0.05, 0.1) is 45.8 Å². The lowest BCUT2D eigenvalue weighted by atomic mass is 10.2. The summed E-state index contributed by atoms with van der Waals surface area (Å²) in [5, 5.41) is 0. The van der Waals surface area contributed by atoms with Crippen LogP contribution in [-0.4, -0.2) is 52.1 Å². The molecule has 13 heteroatoms. The monoisotopic (exact) mass is 603 g/mol. The highest BCUT2D eigenvalue weighted by Gasteiger charge is 2.16. The van der Waals surface area contributed by atoms with Crippen molar-refractivity contribution in [2.75, 3.05) is 14.2 Å². The summed E-state index contributed by atoms with van der Waals surface area (Å²) in [5.74, 6) is -2.14. The van der Waals surface area contributed by atoms with Gasteiger partial charge in [-0.25, -0.2) is 14.6 Å². The second-order valence-electron chi connectivity index (χ2n) is 8.85. The topological polar surface area (TPSA) is 134 Å². The number of fused-ring (bicyclic) bond motifs is 2. The van der Waals surface area contributed by atoms with Crippen molar-refractivity contribution in [3.8, 4) is 0 Å². The van der Waals surface area contributed by atoms with Gasteiger partial charge in [0.1, 0.15) is 11.4 Å². The van der Waals surface area contributed by atoms with Crippen molar-refractivity contribution >= 4 is 66.9 Å². The van der Waals surface area contributed by atoms with Crippen molar-refractivity contribution in [3.63, 3.8) is 0 Å². The maximum Gasteiger partial charge on any atom is 0.337 e. The molecule has 2 aromatic carbocycles. The van der Waals surface area contributed by atoms with E-state index in [1.165, 1.54) is 49.0 Å². The average Bonchev–Trinajstić information content (AvgIpc) is 3.55. The van der Waals surface area contributed by atoms with Gasteiger partial charge < -0.3 is 18.6 Å². The van der Waals surface area contributed by atoms with E-state index in [4.69, 9.17) is 9.47 Å². The van der Waals surface area contributed by atoms with Crippen LogP contribution in [0.4, 0.5) is 0 Å². The standard InChI is InChI=1S/C29H25N5O6S2/c1-5-33-20-12-10-16(26(37)39-3)14-22(20)41-28(33)31-24(35)18-8-7-9-19(30-18)25(36)32-29-34(6-2)21-13-11-17(27(38)40-4)15-23(21)42-29/h7-15H,5-6H2,1-4H3. The highest BCUT2D eigenvalue weighted by Crippen LogP contribution is 2.21. The van der Waals surface area contributed by atoms with E-state index in [1.807, 2.05) is 23.0 Å². The van der Waals surface area contributed by atoms with Gasteiger partial charge in [0.25, 0.3) is 11.8 Å². The van der Waals surface area contributed by atoms with Gasteiger partial charge in [0, 0.05) is 13.1 Å². The summed E-state index contributed by atoms with van der Waals surface area (Å²) in [7, 11) is 2.63. The van der Waals surface area contributed by atoms with Crippen LogP contribution in [0.5, 0.6) is 0 Å². The molecule has 0 saturated carbocycles. The van der Waals surface area contributed by atoms with Gasteiger partial charge in [-0.2, -0.15) is 9.98 Å². The number of carbonyl (C=O) groups is 4. The zero-order valence-corrected chi connectivity index (χ0v) is 24.7. The predicted molar refractivity (Wildman–Crippen MR) is 158 cm³/mol. The summed E-state index contributed by atoms with van der Waals surface area (Å²) < 4.78 is 14.9. The molecule has 0 saturated heterocycles. The smallest absolute Gasteiger partial charge is 0.337 e. The molecule has 42 heavy (non-hydrogen) atoms. The number of carbonyl (C=O) groups excluding carboxylic acids is 4. The number of amides is 2. The first kappa shape index (κ1) is 28.8. The van der Waals surface area contributed by atoms with Gasteiger partial charge in [-0.05, 0) is 62.4 Å². The van der Waals surface area contributed by atoms with Crippen molar-refractivity contribution in [1.82, 2.24) is 14.1 Å². The first-order chi connectivity index (χ1) is 20.3. The zero-order valence-electron chi connectivity index (χ0n) is 23.1. The van der Waals surface area contributed by atoms with Crippen LogP contribution in [0.2, 0.25) is 0 Å². The number of aryl methyl sites for hydroxylation is 2. The van der Waals surface area contributed by atoms with E-state index in [2.05, 4.69) is 15.0 Å². The summed E-state index contributed by atoms with van der Waals surface area (Å²) in [6.45, 7) is 4.94. The van der Waals surface area contributed by atoms with Crippen molar-refractivity contribution in [2.45, 2.75) is 26.9 Å². The van der Waals surface area contributed by atoms with Gasteiger partial charge in [0.2, 0.25) is 0 Å².